The number of sulfonamides is 1. The van der Waals surface area contributed by atoms with Gasteiger partial charge in [0.05, 0.1) is 10.9 Å². The summed E-state index contributed by atoms with van der Waals surface area (Å²) in [6, 6.07) is 16.2. The Labute approximate surface area is 166 Å². The molecule has 1 saturated heterocycles. The van der Waals surface area contributed by atoms with Gasteiger partial charge in [0.2, 0.25) is 15.9 Å². The van der Waals surface area contributed by atoms with Crippen molar-refractivity contribution in [3.05, 3.63) is 60.2 Å². The van der Waals surface area contributed by atoms with Crippen molar-refractivity contribution in [3.63, 3.8) is 0 Å². The highest BCUT2D eigenvalue weighted by atomic mass is 32.2. The summed E-state index contributed by atoms with van der Waals surface area (Å²) in [5.41, 5.74) is 1.93. The molecule has 0 aromatic heterocycles. The maximum Gasteiger partial charge on any atom is 0.241 e. The van der Waals surface area contributed by atoms with E-state index in [2.05, 4.69) is 34.5 Å². The number of rotatable bonds is 6. The smallest absolute Gasteiger partial charge is 0.241 e. The lowest BCUT2D eigenvalue weighted by Crippen LogP contribution is -2.46. The molecule has 0 bridgehead atoms. The van der Waals surface area contributed by atoms with E-state index in [9.17, 15) is 13.2 Å². The van der Waals surface area contributed by atoms with E-state index in [0.29, 0.717) is 11.6 Å². The van der Waals surface area contributed by atoms with Crippen LogP contribution in [-0.2, 0) is 21.2 Å². The van der Waals surface area contributed by atoms with Gasteiger partial charge in [0.25, 0.3) is 0 Å². The van der Waals surface area contributed by atoms with Crippen LogP contribution in [0.5, 0.6) is 0 Å². The second-order valence-electron chi connectivity index (χ2n) is 7.40. The largest absolute Gasteiger partial charge is 0.325 e. The third-order valence-corrected chi connectivity index (χ3v) is 6.32. The predicted octanol–water partition coefficient (Wildman–Crippen LogP) is 2.62. The zero-order valence-corrected chi connectivity index (χ0v) is 16.9. The summed E-state index contributed by atoms with van der Waals surface area (Å²) in [5.74, 6) is 0.560. The topological polar surface area (TPSA) is 92.5 Å². The van der Waals surface area contributed by atoms with Gasteiger partial charge in [0, 0.05) is 5.69 Å². The van der Waals surface area contributed by atoms with E-state index in [4.69, 9.17) is 5.14 Å². The molecule has 1 unspecified atom stereocenters. The number of primary sulfonamides is 1. The van der Waals surface area contributed by atoms with Crippen molar-refractivity contribution in [2.24, 2.45) is 11.1 Å². The van der Waals surface area contributed by atoms with Crippen molar-refractivity contribution in [1.29, 1.82) is 0 Å². The van der Waals surface area contributed by atoms with Crippen LogP contribution in [0.4, 0.5) is 5.69 Å². The zero-order valence-electron chi connectivity index (χ0n) is 16.0. The molecule has 0 aliphatic carbocycles. The Bertz CT molecular complexity index is 890. The average Bonchev–Trinajstić information content (AvgIpc) is 2.68. The van der Waals surface area contributed by atoms with Crippen LogP contribution in [0.1, 0.15) is 25.3 Å². The van der Waals surface area contributed by atoms with E-state index >= 15 is 0 Å². The molecule has 7 heteroatoms. The second kappa shape index (κ2) is 8.86. The molecule has 0 spiro atoms. The first-order chi connectivity index (χ1) is 13.3. The Balaban J connectivity index is 1.50. The fourth-order valence-corrected chi connectivity index (χ4v) is 4.15. The average molecular weight is 402 g/mol. The first kappa shape index (κ1) is 20.5. The van der Waals surface area contributed by atoms with Gasteiger partial charge in [0.1, 0.15) is 0 Å². The van der Waals surface area contributed by atoms with Crippen LogP contribution in [0.3, 0.4) is 0 Å². The molecule has 1 atom stereocenters. The molecule has 2 aromatic carbocycles. The van der Waals surface area contributed by atoms with Gasteiger partial charge < -0.3 is 5.32 Å². The van der Waals surface area contributed by atoms with Crippen LogP contribution in [0.2, 0.25) is 0 Å². The van der Waals surface area contributed by atoms with Crippen LogP contribution in [-0.4, -0.2) is 38.4 Å². The molecule has 3 rings (SSSR count). The molecule has 0 radical (unpaired) electrons. The zero-order chi connectivity index (χ0) is 20.1. The number of likely N-dealkylation sites (tertiary alicyclic amines) is 1. The minimum Gasteiger partial charge on any atom is -0.325 e. The highest BCUT2D eigenvalue weighted by Crippen LogP contribution is 2.23. The molecule has 1 aliphatic heterocycles. The van der Waals surface area contributed by atoms with Crippen LogP contribution >= 0.6 is 0 Å². The molecule has 28 heavy (non-hydrogen) atoms. The standard InChI is InChI=1S/C21H27N3O3S/c1-16(21(25)23-19-7-9-20(10-8-19)28(22,26)27)24-13-11-18(12-14-24)15-17-5-3-2-4-6-17/h2-10,16,18H,11-15H2,1H3,(H,23,25)(H2,22,26,27). The SMILES string of the molecule is CC(C(=O)Nc1ccc(S(N)(=O)=O)cc1)N1CCC(Cc2ccccc2)CC1. The van der Waals surface area contributed by atoms with E-state index in [1.54, 1.807) is 12.1 Å². The summed E-state index contributed by atoms with van der Waals surface area (Å²) >= 11 is 0. The van der Waals surface area contributed by atoms with Gasteiger partial charge in [-0.15, -0.1) is 0 Å². The lowest BCUT2D eigenvalue weighted by molar-refractivity contribution is -0.121. The van der Waals surface area contributed by atoms with E-state index in [-0.39, 0.29) is 16.8 Å². The second-order valence-corrected chi connectivity index (χ2v) is 8.97. The number of anilines is 1. The van der Waals surface area contributed by atoms with E-state index in [1.807, 2.05) is 13.0 Å². The van der Waals surface area contributed by atoms with E-state index < -0.39 is 10.0 Å². The van der Waals surface area contributed by atoms with Crippen molar-refractivity contribution < 1.29 is 13.2 Å². The fraction of sp³-hybridized carbons (Fsp3) is 0.381. The fourth-order valence-electron chi connectivity index (χ4n) is 3.63. The normalized spacial score (nSPS) is 17.2. The Morgan fingerprint density at radius 3 is 2.29 bits per heavy atom. The number of hydrogen-bond donors (Lipinski definition) is 2. The van der Waals surface area contributed by atoms with Crippen LogP contribution < -0.4 is 10.5 Å². The monoisotopic (exact) mass is 401 g/mol. The van der Waals surface area contributed by atoms with Gasteiger partial charge in [-0.1, -0.05) is 30.3 Å². The number of carbonyl (C=O) groups is 1. The summed E-state index contributed by atoms with van der Waals surface area (Å²) in [7, 11) is -3.73. The highest BCUT2D eigenvalue weighted by molar-refractivity contribution is 7.89. The molecule has 150 valence electrons. The Hall–Kier alpha value is -2.22. The van der Waals surface area contributed by atoms with Crippen LogP contribution in [0.15, 0.2) is 59.5 Å². The molecule has 2 aromatic rings. The molecule has 1 fully saturated rings. The molecular formula is C21H27N3O3S. The summed E-state index contributed by atoms with van der Waals surface area (Å²) in [6.07, 6.45) is 3.25. The number of hydrogen-bond acceptors (Lipinski definition) is 4. The first-order valence-corrected chi connectivity index (χ1v) is 11.1. The summed E-state index contributed by atoms with van der Waals surface area (Å²) in [4.78, 5) is 14.8. The number of piperidine rings is 1. The predicted molar refractivity (Wildman–Crippen MR) is 110 cm³/mol. The minimum absolute atomic E-state index is 0.0269. The Morgan fingerprint density at radius 2 is 1.71 bits per heavy atom. The van der Waals surface area contributed by atoms with E-state index in [1.165, 1.54) is 17.7 Å². The number of nitrogens with zero attached hydrogens (tertiary/aromatic N) is 1. The molecule has 0 saturated carbocycles. The highest BCUT2D eigenvalue weighted by Gasteiger charge is 2.26. The number of benzene rings is 2. The van der Waals surface area contributed by atoms with Gasteiger partial charge in [-0.3, -0.25) is 9.69 Å². The van der Waals surface area contributed by atoms with Crippen LogP contribution in [0, 0.1) is 5.92 Å². The maximum absolute atomic E-state index is 12.6. The summed E-state index contributed by atoms with van der Waals surface area (Å²) < 4.78 is 22.6. The molecule has 1 heterocycles. The van der Waals surface area contributed by atoms with Gasteiger partial charge in [-0.05, 0) is 75.0 Å². The molecule has 6 nitrogen and oxygen atoms in total. The van der Waals surface area contributed by atoms with Gasteiger partial charge in [-0.2, -0.15) is 0 Å². The van der Waals surface area contributed by atoms with Crippen molar-refractivity contribution >= 4 is 21.6 Å². The lowest BCUT2D eigenvalue weighted by atomic mass is 9.89. The third kappa shape index (κ3) is 5.41. The van der Waals surface area contributed by atoms with Crippen molar-refractivity contribution in [2.45, 2.75) is 37.1 Å². The third-order valence-electron chi connectivity index (χ3n) is 5.39. The molecule has 1 amide bonds. The molecule has 3 N–H and O–H groups in total. The number of nitrogens with one attached hydrogen (secondary N) is 1. The molecular weight excluding hydrogens is 374 g/mol. The number of nitrogens with two attached hydrogens (primary N) is 1. The van der Waals surface area contributed by atoms with Gasteiger partial charge in [-0.25, -0.2) is 13.6 Å². The van der Waals surface area contributed by atoms with Gasteiger partial charge in [0.15, 0.2) is 0 Å². The summed E-state index contributed by atoms with van der Waals surface area (Å²) in [6.45, 7) is 3.71. The van der Waals surface area contributed by atoms with Crippen molar-refractivity contribution in [1.82, 2.24) is 4.90 Å². The van der Waals surface area contributed by atoms with Crippen molar-refractivity contribution in [3.8, 4) is 0 Å². The van der Waals surface area contributed by atoms with E-state index in [0.717, 1.165) is 32.4 Å². The Morgan fingerprint density at radius 1 is 1.11 bits per heavy atom. The van der Waals surface area contributed by atoms with Crippen molar-refractivity contribution in [2.75, 3.05) is 18.4 Å². The Kier molecular flexibility index (Phi) is 6.49. The summed E-state index contributed by atoms with van der Waals surface area (Å²) in [5, 5.41) is 7.94. The number of carbonyl (C=O) groups excluding carboxylic acids is 1. The molecule has 1 aliphatic rings. The maximum atomic E-state index is 12.6. The first-order valence-electron chi connectivity index (χ1n) is 9.54. The van der Waals surface area contributed by atoms with Crippen LogP contribution in [0.25, 0.3) is 0 Å². The number of amides is 1. The minimum atomic E-state index is -3.73. The quantitative estimate of drug-likeness (QED) is 0.778. The lowest BCUT2D eigenvalue weighted by Gasteiger charge is -2.35. The van der Waals surface area contributed by atoms with Gasteiger partial charge >= 0.3 is 0 Å².